The minimum absolute atomic E-state index is 0.122. The SMILES string of the molecule is CCOC(=O)c1sc2ncn(CC(=O)N(C)Cc3ccc(OC)c(F)c3)c(=O)c2c1C. The first kappa shape index (κ1) is 22.4. The van der Waals surface area contributed by atoms with E-state index in [1.807, 2.05) is 0 Å². The number of aromatic nitrogens is 2. The largest absolute Gasteiger partial charge is 0.494 e. The van der Waals surface area contributed by atoms with Gasteiger partial charge >= 0.3 is 5.97 Å². The number of aryl methyl sites for hydroxylation is 1. The molecular weight excluding hydrogens is 425 g/mol. The van der Waals surface area contributed by atoms with Gasteiger partial charge in [-0.2, -0.15) is 0 Å². The predicted molar refractivity (Wildman–Crippen MR) is 114 cm³/mol. The molecule has 2 aromatic heterocycles. The number of esters is 1. The van der Waals surface area contributed by atoms with E-state index in [-0.39, 0.29) is 31.4 Å². The molecule has 0 saturated carbocycles. The third kappa shape index (κ3) is 4.58. The molecule has 0 spiro atoms. The molecule has 10 heteroatoms. The lowest BCUT2D eigenvalue weighted by molar-refractivity contribution is -0.131. The molecule has 0 aliphatic rings. The number of thiophene rings is 1. The molecule has 164 valence electrons. The molecule has 0 radical (unpaired) electrons. The number of amides is 1. The van der Waals surface area contributed by atoms with E-state index in [1.54, 1.807) is 27.0 Å². The molecule has 0 fully saturated rings. The second kappa shape index (κ2) is 9.25. The van der Waals surface area contributed by atoms with Gasteiger partial charge in [-0.3, -0.25) is 14.2 Å². The predicted octanol–water partition coefficient (Wildman–Crippen LogP) is 2.75. The Bertz CT molecular complexity index is 1200. The average Bonchev–Trinajstić information content (AvgIpc) is 3.07. The van der Waals surface area contributed by atoms with Gasteiger partial charge in [0.2, 0.25) is 5.91 Å². The highest BCUT2D eigenvalue weighted by Gasteiger charge is 2.21. The van der Waals surface area contributed by atoms with Crippen molar-refractivity contribution in [1.82, 2.24) is 14.5 Å². The fraction of sp³-hybridized carbons (Fsp3) is 0.333. The van der Waals surface area contributed by atoms with Gasteiger partial charge in [-0.25, -0.2) is 14.2 Å². The number of nitrogens with zero attached hydrogens (tertiary/aromatic N) is 3. The number of likely N-dealkylation sites (N-methyl/N-ethyl adjacent to an activating group) is 1. The molecule has 3 rings (SSSR count). The van der Waals surface area contributed by atoms with Crippen molar-refractivity contribution in [3.8, 4) is 5.75 Å². The van der Waals surface area contributed by atoms with Crippen LogP contribution in [-0.2, 0) is 22.6 Å². The lowest BCUT2D eigenvalue weighted by Gasteiger charge is -2.18. The third-order valence-electron chi connectivity index (χ3n) is 4.75. The van der Waals surface area contributed by atoms with Crippen LogP contribution in [0.3, 0.4) is 0 Å². The molecule has 0 aliphatic heterocycles. The van der Waals surface area contributed by atoms with E-state index in [1.165, 1.54) is 35.0 Å². The molecule has 8 nitrogen and oxygen atoms in total. The number of methoxy groups -OCH3 is 1. The van der Waals surface area contributed by atoms with Crippen molar-refractivity contribution in [2.75, 3.05) is 20.8 Å². The Morgan fingerprint density at radius 3 is 2.71 bits per heavy atom. The number of fused-ring (bicyclic) bond motifs is 1. The Labute approximate surface area is 181 Å². The van der Waals surface area contributed by atoms with Crippen molar-refractivity contribution in [3.05, 3.63) is 56.7 Å². The maximum absolute atomic E-state index is 13.9. The highest BCUT2D eigenvalue weighted by molar-refractivity contribution is 7.20. The van der Waals surface area contributed by atoms with E-state index in [2.05, 4.69) is 4.98 Å². The summed E-state index contributed by atoms with van der Waals surface area (Å²) in [6, 6.07) is 4.46. The Balaban J connectivity index is 1.80. The molecule has 0 atom stereocenters. The van der Waals surface area contributed by atoms with Gasteiger partial charge in [-0.15, -0.1) is 11.3 Å². The summed E-state index contributed by atoms with van der Waals surface area (Å²) in [7, 11) is 2.94. The van der Waals surface area contributed by atoms with Gasteiger partial charge in [0, 0.05) is 13.6 Å². The van der Waals surface area contributed by atoms with Crippen molar-refractivity contribution in [2.45, 2.75) is 26.9 Å². The smallest absolute Gasteiger partial charge is 0.348 e. The summed E-state index contributed by atoms with van der Waals surface area (Å²) >= 11 is 1.09. The summed E-state index contributed by atoms with van der Waals surface area (Å²) < 4.78 is 25.0. The zero-order valence-electron chi connectivity index (χ0n) is 17.6. The van der Waals surface area contributed by atoms with Crippen LogP contribution in [0.2, 0.25) is 0 Å². The number of hydrogen-bond acceptors (Lipinski definition) is 7. The highest BCUT2D eigenvalue weighted by atomic mass is 32.1. The summed E-state index contributed by atoms with van der Waals surface area (Å²) in [4.78, 5) is 44.0. The van der Waals surface area contributed by atoms with Crippen LogP contribution in [0.25, 0.3) is 10.2 Å². The van der Waals surface area contributed by atoms with Crippen molar-refractivity contribution in [3.63, 3.8) is 0 Å². The van der Waals surface area contributed by atoms with E-state index < -0.39 is 17.3 Å². The lowest BCUT2D eigenvalue weighted by atomic mass is 10.2. The maximum Gasteiger partial charge on any atom is 0.348 e. The summed E-state index contributed by atoms with van der Waals surface area (Å²) in [5, 5.41) is 0.295. The Hall–Kier alpha value is -3.27. The average molecular weight is 447 g/mol. The van der Waals surface area contributed by atoms with Crippen LogP contribution < -0.4 is 10.3 Å². The quantitative estimate of drug-likeness (QED) is 0.518. The molecular formula is C21H22FN3O5S. The molecule has 0 bridgehead atoms. The number of carbonyl (C=O) groups excluding carboxylic acids is 2. The molecule has 31 heavy (non-hydrogen) atoms. The van der Waals surface area contributed by atoms with Gasteiger partial charge < -0.3 is 14.4 Å². The number of hydrogen-bond donors (Lipinski definition) is 0. The number of halogens is 1. The molecule has 0 aliphatic carbocycles. The minimum atomic E-state index is -0.517. The summed E-state index contributed by atoms with van der Waals surface area (Å²) in [6.45, 7) is 3.51. The molecule has 2 heterocycles. The second-order valence-electron chi connectivity index (χ2n) is 6.85. The molecule has 0 saturated heterocycles. The topological polar surface area (TPSA) is 90.7 Å². The van der Waals surface area contributed by atoms with Gasteiger partial charge in [-0.05, 0) is 37.1 Å². The lowest BCUT2D eigenvalue weighted by Crippen LogP contribution is -2.33. The monoisotopic (exact) mass is 447 g/mol. The van der Waals surface area contributed by atoms with Gasteiger partial charge in [0.1, 0.15) is 16.3 Å². The fourth-order valence-electron chi connectivity index (χ4n) is 3.10. The molecule has 1 amide bonds. The van der Waals surface area contributed by atoms with Crippen molar-refractivity contribution in [2.24, 2.45) is 0 Å². The summed E-state index contributed by atoms with van der Waals surface area (Å²) in [5.74, 6) is -1.25. The molecule has 0 unspecified atom stereocenters. The fourth-order valence-corrected chi connectivity index (χ4v) is 4.13. The number of benzene rings is 1. The Kier molecular flexibility index (Phi) is 6.69. The third-order valence-corrected chi connectivity index (χ3v) is 5.93. The van der Waals surface area contributed by atoms with E-state index in [4.69, 9.17) is 9.47 Å². The van der Waals surface area contributed by atoms with Gasteiger partial charge in [0.25, 0.3) is 5.56 Å². The van der Waals surface area contributed by atoms with Gasteiger partial charge in [0.05, 0.1) is 25.4 Å². The van der Waals surface area contributed by atoms with E-state index in [9.17, 15) is 18.8 Å². The first-order chi connectivity index (χ1) is 14.8. The normalized spacial score (nSPS) is 10.9. The number of ether oxygens (including phenoxy) is 2. The van der Waals surface area contributed by atoms with Gasteiger partial charge in [-0.1, -0.05) is 6.07 Å². The van der Waals surface area contributed by atoms with Crippen LogP contribution in [-0.4, -0.2) is 47.1 Å². The van der Waals surface area contributed by atoms with Crippen LogP contribution in [0.1, 0.15) is 27.7 Å². The first-order valence-corrected chi connectivity index (χ1v) is 10.3. The zero-order chi connectivity index (χ0) is 22.7. The van der Waals surface area contributed by atoms with Crippen molar-refractivity contribution < 1.29 is 23.5 Å². The molecule has 0 N–H and O–H groups in total. The Morgan fingerprint density at radius 1 is 1.32 bits per heavy atom. The standard InChI is InChI=1S/C21H22FN3O5S/c1-5-30-21(28)18-12(2)17-19(31-18)23-11-25(20(17)27)10-16(26)24(3)9-13-6-7-15(29-4)14(22)8-13/h6-8,11H,5,9-10H2,1-4H3. The summed E-state index contributed by atoms with van der Waals surface area (Å²) in [5.41, 5.74) is 0.661. The van der Waals surface area contributed by atoms with Crippen LogP contribution in [0.15, 0.2) is 29.3 Å². The summed E-state index contributed by atoms with van der Waals surface area (Å²) in [6.07, 6.45) is 1.29. The maximum atomic E-state index is 13.9. The number of carbonyl (C=O) groups is 2. The van der Waals surface area contributed by atoms with Crippen LogP contribution in [0.5, 0.6) is 5.75 Å². The van der Waals surface area contributed by atoms with Gasteiger partial charge in [0.15, 0.2) is 11.6 Å². The second-order valence-corrected chi connectivity index (χ2v) is 7.85. The molecule has 3 aromatic rings. The first-order valence-electron chi connectivity index (χ1n) is 9.48. The van der Waals surface area contributed by atoms with Crippen LogP contribution >= 0.6 is 11.3 Å². The highest BCUT2D eigenvalue weighted by Crippen LogP contribution is 2.27. The van der Waals surface area contributed by atoms with Crippen LogP contribution in [0, 0.1) is 12.7 Å². The van der Waals surface area contributed by atoms with Crippen LogP contribution in [0.4, 0.5) is 4.39 Å². The minimum Gasteiger partial charge on any atom is -0.494 e. The number of rotatable bonds is 7. The van der Waals surface area contributed by atoms with E-state index in [0.717, 1.165) is 11.3 Å². The van der Waals surface area contributed by atoms with E-state index in [0.29, 0.717) is 26.2 Å². The molecule has 1 aromatic carbocycles. The Morgan fingerprint density at radius 2 is 2.06 bits per heavy atom. The van der Waals surface area contributed by atoms with Crippen molar-refractivity contribution in [1.29, 1.82) is 0 Å². The van der Waals surface area contributed by atoms with E-state index >= 15 is 0 Å². The van der Waals surface area contributed by atoms with Crippen molar-refractivity contribution >= 4 is 33.4 Å². The zero-order valence-corrected chi connectivity index (χ0v) is 18.4.